The molecule has 178 valence electrons. The normalized spacial score (nSPS) is 15.9. The van der Waals surface area contributed by atoms with Gasteiger partial charge in [-0.15, -0.1) is 0 Å². The van der Waals surface area contributed by atoms with Crippen molar-refractivity contribution in [3.05, 3.63) is 71.2 Å². The van der Waals surface area contributed by atoms with Crippen molar-refractivity contribution in [3.8, 4) is 5.75 Å². The molecule has 0 saturated carbocycles. The number of amides is 1. The lowest BCUT2D eigenvalue weighted by atomic mass is 9.94. The predicted molar refractivity (Wildman–Crippen MR) is 131 cm³/mol. The standard InChI is InChI=1S/C27H30N2O5/c1-5-15-29-23(17-11-13-19(14-12-17)28(6-2)7-3)22(25(31)27(29)32)24(30)21-16-18-9-8-10-20(33-4)26(18)34-21/h8-14,16,23,31H,5-7,15H2,1-4H3. The summed E-state index contributed by atoms with van der Waals surface area (Å²) in [5.74, 6) is -1.02. The molecular weight excluding hydrogens is 432 g/mol. The number of para-hydroxylation sites is 1. The van der Waals surface area contributed by atoms with Crippen LogP contribution in [0.4, 0.5) is 5.69 Å². The molecule has 7 heteroatoms. The summed E-state index contributed by atoms with van der Waals surface area (Å²) in [4.78, 5) is 30.4. The van der Waals surface area contributed by atoms with E-state index in [2.05, 4.69) is 18.7 Å². The van der Waals surface area contributed by atoms with Gasteiger partial charge in [0.05, 0.1) is 18.7 Å². The Morgan fingerprint density at radius 1 is 1.12 bits per heavy atom. The van der Waals surface area contributed by atoms with Gasteiger partial charge in [0.25, 0.3) is 5.91 Å². The summed E-state index contributed by atoms with van der Waals surface area (Å²) in [7, 11) is 1.53. The van der Waals surface area contributed by atoms with Gasteiger partial charge in [-0.25, -0.2) is 0 Å². The number of rotatable bonds is 9. The molecular formula is C27H30N2O5. The van der Waals surface area contributed by atoms with E-state index < -0.39 is 23.5 Å². The summed E-state index contributed by atoms with van der Waals surface area (Å²) < 4.78 is 11.2. The van der Waals surface area contributed by atoms with Crippen molar-refractivity contribution in [2.24, 2.45) is 0 Å². The number of aliphatic hydroxyl groups is 1. The van der Waals surface area contributed by atoms with E-state index in [-0.39, 0.29) is 11.3 Å². The lowest BCUT2D eigenvalue weighted by Crippen LogP contribution is -2.31. The van der Waals surface area contributed by atoms with Crippen LogP contribution in [-0.4, -0.2) is 48.4 Å². The average Bonchev–Trinajstić information content (AvgIpc) is 3.40. The van der Waals surface area contributed by atoms with E-state index in [0.29, 0.717) is 29.7 Å². The van der Waals surface area contributed by atoms with E-state index in [0.717, 1.165) is 24.3 Å². The number of ether oxygens (including phenoxy) is 1. The number of anilines is 1. The van der Waals surface area contributed by atoms with E-state index in [9.17, 15) is 14.7 Å². The first-order valence-electron chi connectivity index (χ1n) is 11.6. The molecule has 7 nitrogen and oxygen atoms in total. The molecule has 0 saturated heterocycles. The van der Waals surface area contributed by atoms with Gasteiger partial charge in [0.15, 0.2) is 22.9 Å². The highest BCUT2D eigenvalue weighted by molar-refractivity contribution is 6.16. The van der Waals surface area contributed by atoms with E-state index in [1.807, 2.05) is 43.3 Å². The SMILES string of the molecule is CCCN1C(=O)C(O)=C(C(=O)c2cc3cccc(OC)c3o2)C1c1ccc(N(CC)CC)cc1. The zero-order chi connectivity index (χ0) is 24.4. The molecule has 1 amide bonds. The van der Waals surface area contributed by atoms with Gasteiger partial charge in [0.1, 0.15) is 0 Å². The Morgan fingerprint density at radius 2 is 1.82 bits per heavy atom. The van der Waals surface area contributed by atoms with Crippen LogP contribution >= 0.6 is 0 Å². The van der Waals surface area contributed by atoms with Crippen LogP contribution in [0, 0.1) is 0 Å². The Kier molecular flexibility index (Phi) is 6.63. The lowest BCUT2D eigenvalue weighted by molar-refractivity contribution is -0.129. The first kappa shape index (κ1) is 23.4. The number of hydrogen-bond acceptors (Lipinski definition) is 6. The lowest BCUT2D eigenvalue weighted by Gasteiger charge is -2.27. The Balaban J connectivity index is 1.78. The highest BCUT2D eigenvalue weighted by Crippen LogP contribution is 2.40. The maximum atomic E-state index is 13.6. The zero-order valence-corrected chi connectivity index (χ0v) is 20.0. The Morgan fingerprint density at radius 3 is 2.44 bits per heavy atom. The number of Topliss-reactive ketones (excluding diaryl/α,β-unsaturated/α-hetero) is 1. The van der Waals surface area contributed by atoms with E-state index in [1.165, 1.54) is 7.11 Å². The molecule has 1 aliphatic heterocycles. The van der Waals surface area contributed by atoms with Gasteiger partial charge >= 0.3 is 0 Å². The van der Waals surface area contributed by atoms with Crippen molar-refractivity contribution >= 4 is 28.3 Å². The van der Waals surface area contributed by atoms with Crippen LogP contribution in [0.3, 0.4) is 0 Å². The highest BCUT2D eigenvalue weighted by atomic mass is 16.5. The van der Waals surface area contributed by atoms with Gasteiger partial charge in [-0.05, 0) is 50.1 Å². The third-order valence-corrected chi connectivity index (χ3v) is 6.30. The van der Waals surface area contributed by atoms with Crippen molar-refractivity contribution in [2.75, 3.05) is 31.6 Å². The van der Waals surface area contributed by atoms with Crippen LogP contribution in [0.1, 0.15) is 49.4 Å². The summed E-state index contributed by atoms with van der Waals surface area (Å²) in [6.07, 6.45) is 0.691. The molecule has 2 aromatic carbocycles. The van der Waals surface area contributed by atoms with Gasteiger partial charge in [0, 0.05) is 30.7 Å². The van der Waals surface area contributed by atoms with Crippen molar-refractivity contribution in [1.82, 2.24) is 4.90 Å². The fourth-order valence-corrected chi connectivity index (χ4v) is 4.60. The fourth-order valence-electron chi connectivity index (χ4n) is 4.60. The second-order valence-corrected chi connectivity index (χ2v) is 8.25. The molecule has 1 unspecified atom stereocenters. The molecule has 0 radical (unpaired) electrons. The van der Waals surface area contributed by atoms with E-state index in [1.54, 1.807) is 17.0 Å². The minimum absolute atomic E-state index is 0.0343. The monoisotopic (exact) mass is 462 g/mol. The van der Waals surface area contributed by atoms with Crippen molar-refractivity contribution in [3.63, 3.8) is 0 Å². The molecule has 34 heavy (non-hydrogen) atoms. The van der Waals surface area contributed by atoms with Gasteiger partial charge in [-0.3, -0.25) is 9.59 Å². The van der Waals surface area contributed by atoms with Crippen LogP contribution in [-0.2, 0) is 4.79 Å². The molecule has 1 N–H and O–H groups in total. The largest absolute Gasteiger partial charge is 0.503 e. The number of hydrogen-bond donors (Lipinski definition) is 1. The molecule has 0 fully saturated rings. The van der Waals surface area contributed by atoms with Gasteiger partial charge in [0.2, 0.25) is 5.78 Å². The third-order valence-electron chi connectivity index (χ3n) is 6.30. The molecule has 0 aliphatic carbocycles. The van der Waals surface area contributed by atoms with Gasteiger partial charge < -0.3 is 24.1 Å². The van der Waals surface area contributed by atoms with Crippen LogP contribution in [0.2, 0.25) is 0 Å². The predicted octanol–water partition coefficient (Wildman–Crippen LogP) is 5.28. The summed E-state index contributed by atoms with van der Waals surface area (Å²) in [6, 6.07) is 14.1. The van der Waals surface area contributed by atoms with Crippen LogP contribution < -0.4 is 9.64 Å². The minimum Gasteiger partial charge on any atom is -0.503 e. The number of carbonyl (C=O) groups is 2. The van der Waals surface area contributed by atoms with Crippen molar-refractivity contribution in [1.29, 1.82) is 0 Å². The molecule has 0 bridgehead atoms. The Bertz CT molecular complexity index is 1240. The second kappa shape index (κ2) is 9.63. The number of methoxy groups -OCH3 is 1. The van der Waals surface area contributed by atoms with E-state index in [4.69, 9.17) is 9.15 Å². The zero-order valence-electron chi connectivity index (χ0n) is 20.0. The third kappa shape index (κ3) is 3.91. The van der Waals surface area contributed by atoms with Gasteiger partial charge in [-0.1, -0.05) is 31.2 Å². The number of nitrogens with zero attached hydrogens (tertiary/aromatic N) is 2. The van der Waals surface area contributed by atoms with E-state index >= 15 is 0 Å². The number of furan rings is 1. The number of ketones is 1. The quantitative estimate of drug-likeness (QED) is 0.436. The summed E-state index contributed by atoms with van der Waals surface area (Å²) >= 11 is 0. The van der Waals surface area contributed by atoms with Crippen molar-refractivity contribution < 1.29 is 23.8 Å². The summed E-state index contributed by atoms with van der Waals surface area (Å²) in [5, 5.41) is 11.5. The summed E-state index contributed by atoms with van der Waals surface area (Å²) in [6.45, 7) is 8.30. The fraction of sp³-hybridized carbons (Fsp3) is 0.333. The Labute approximate surface area is 199 Å². The topological polar surface area (TPSA) is 83.2 Å². The molecule has 2 heterocycles. The number of aliphatic hydroxyl groups excluding tert-OH is 1. The number of carbonyl (C=O) groups excluding carboxylic acids is 2. The number of fused-ring (bicyclic) bond motifs is 1. The molecule has 1 atom stereocenters. The van der Waals surface area contributed by atoms with Gasteiger partial charge in [-0.2, -0.15) is 0 Å². The molecule has 1 aliphatic rings. The molecule has 0 spiro atoms. The smallest absolute Gasteiger partial charge is 0.290 e. The molecule has 3 aromatic rings. The second-order valence-electron chi connectivity index (χ2n) is 8.25. The maximum absolute atomic E-state index is 13.6. The molecule has 4 rings (SSSR count). The van der Waals surface area contributed by atoms with Crippen LogP contribution in [0.25, 0.3) is 11.0 Å². The van der Waals surface area contributed by atoms with Crippen molar-refractivity contribution in [2.45, 2.75) is 33.2 Å². The first-order valence-corrected chi connectivity index (χ1v) is 11.6. The number of benzene rings is 2. The van der Waals surface area contributed by atoms with Crippen LogP contribution in [0.5, 0.6) is 5.75 Å². The minimum atomic E-state index is -0.694. The average molecular weight is 463 g/mol. The summed E-state index contributed by atoms with van der Waals surface area (Å²) in [5.41, 5.74) is 2.31. The van der Waals surface area contributed by atoms with Crippen LogP contribution in [0.15, 0.2) is 64.3 Å². The first-order chi connectivity index (χ1) is 16.4. The Hall–Kier alpha value is -3.74. The molecule has 1 aromatic heterocycles. The maximum Gasteiger partial charge on any atom is 0.290 e. The highest BCUT2D eigenvalue weighted by Gasteiger charge is 2.44.